The van der Waals surface area contributed by atoms with Crippen LogP contribution in [0.3, 0.4) is 0 Å². The molecule has 1 heterocycles. The summed E-state index contributed by atoms with van der Waals surface area (Å²) in [5, 5.41) is 12.5. The van der Waals surface area contributed by atoms with Crippen molar-refractivity contribution in [1.82, 2.24) is 5.32 Å². The summed E-state index contributed by atoms with van der Waals surface area (Å²) in [6, 6.07) is 2.19. The van der Waals surface area contributed by atoms with E-state index in [9.17, 15) is 5.11 Å². The Labute approximate surface area is 106 Å². The fourth-order valence-electron chi connectivity index (χ4n) is 1.35. The SMILES string of the molecule is CC(O)CC(C)NCc1cc(Br)c(Br)o1. The number of furan rings is 1. The molecule has 0 aliphatic rings. The third kappa shape index (κ3) is 4.68. The number of hydrogen-bond acceptors (Lipinski definition) is 3. The van der Waals surface area contributed by atoms with E-state index in [1.165, 1.54) is 0 Å². The Morgan fingerprint density at radius 1 is 1.47 bits per heavy atom. The summed E-state index contributed by atoms with van der Waals surface area (Å²) in [7, 11) is 0. The van der Waals surface area contributed by atoms with Crippen LogP contribution in [0, 0.1) is 0 Å². The van der Waals surface area contributed by atoms with Crippen molar-refractivity contribution in [3.05, 3.63) is 21.0 Å². The Bertz CT molecular complexity index is 293. The molecule has 1 aromatic heterocycles. The van der Waals surface area contributed by atoms with Crippen molar-refractivity contribution in [2.75, 3.05) is 0 Å². The van der Waals surface area contributed by atoms with Gasteiger partial charge in [-0.1, -0.05) is 0 Å². The summed E-state index contributed by atoms with van der Waals surface area (Å²) in [4.78, 5) is 0. The molecule has 0 aliphatic heterocycles. The van der Waals surface area contributed by atoms with Crippen LogP contribution in [0.5, 0.6) is 0 Å². The lowest BCUT2D eigenvalue weighted by molar-refractivity contribution is 0.170. The van der Waals surface area contributed by atoms with Crippen LogP contribution >= 0.6 is 31.9 Å². The van der Waals surface area contributed by atoms with Gasteiger partial charge in [0.05, 0.1) is 17.1 Å². The van der Waals surface area contributed by atoms with E-state index in [1.807, 2.05) is 13.0 Å². The van der Waals surface area contributed by atoms with Crippen LogP contribution in [0.2, 0.25) is 0 Å². The second-order valence-corrected chi connectivity index (χ2v) is 5.28. The van der Waals surface area contributed by atoms with Crippen molar-refractivity contribution in [2.24, 2.45) is 0 Å². The highest BCUT2D eigenvalue weighted by atomic mass is 79.9. The minimum Gasteiger partial charge on any atom is -0.452 e. The number of aliphatic hydroxyl groups is 1. The third-order valence-corrected chi connectivity index (χ3v) is 3.73. The Hall–Kier alpha value is 0.160. The van der Waals surface area contributed by atoms with Crippen LogP contribution in [-0.4, -0.2) is 17.3 Å². The van der Waals surface area contributed by atoms with Gasteiger partial charge in [-0.3, -0.25) is 0 Å². The summed E-state index contributed by atoms with van der Waals surface area (Å²) >= 11 is 6.64. The minimum atomic E-state index is -0.275. The van der Waals surface area contributed by atoms with Gasteiger partial charge >= 0.3 is 0 Å². The zero-order valence-corrected chi connectivity index (χ0v) is 11.9. The van der Waals surface area contributed by atoms with Gasteiger partial charge in [0.2, 0.25) is 0 Å². The highest BCUT2D eigenvalue weighted by Gasteiger charge is 2.09. The first-order valence-electron chi connectivity index (χ1n) is 4.84. The molecule has 1 aromatic rings. The summed E-state index contributed by atoms with van der Waals surface area (Å²) in [6.45, 7) is 4.50. The van der Waals surface area contributed by atoms with Crippen LogP contribution in [-0.2, 0) is 6.54 Å². The van der Waals surface area contributed by atoms with Crippen LogP contribution < -0.4 is 5.32 Å². The maximum Gasteiger partial charge on any atom is 0.183 e. The maximum atomic E-state index is 9.19. The number of halogens is 2. The van der Waals surface area contributed by atoms with Crippen molar-refractivity contribution in [2.45, 2.75) is 39.0 Å². The molecule has 2 unspecified atom stereocenters. The van der Waals surface area contributed by atoms with Gasteiger partial charge in [-0.05, 0) is 58.2 Å². The maximum absolute atomic E-state index is 9.19. The molecular weight excluding hydrogens is 326 g/mol. The Morgan fingerprint density at radius 2 is 2.13 bits per heavy atom. The second-order valence-electron chi connectivity index (χ2n) is 3.70. The van der Waals surface area contributed by atoms with Crippen molar-refractivity contribution in [3.63, 3.8) is 0 Å². The van der Waals surface area contributed by atoms with E-state index in [1.54, 1.807) is 6.92 Å². The quantitative estimate of drug-likeness (QED) is 0.865. The summed E-state index contributed by atoms with van der Waals surface area (Å²) in [5.74, 6) is 0.867. The molecule has 2 atom stereocenters. The van der Waals surface area contributed by atoms with Crippen LogP contribution in [0.25, 0.3) is 0 Å². The van der Waals surface area contributed by atoms with Gasteiger partial charge in [-0.15, -0.1) is 0 Å². The fourth-order valence-corrected chi connectivity index (χ4v) is 2.01. The molecule has 0 spiro atoms. The van der Waals surface area contributed by atoms with Crippen molar-refractivity contribution >= 4 is 31.9 Å². The lowest BCUT2D eigenvalue weighted by atomic mass is 10.1. The van der Waals surface area contributed by atoms with Crippen LogP contribution in [0.1, 0.15) is 26.0 Å². The van der Waals surface area contributed by atoms with Crippen LogP contribution in [0.15, 0.2) is 19.6 Å². The molecular formula is C10H15Br2NO2. The number of rotatable bonds is 5. The molecule has 5 heteroatoms. The molecule has 0 saturated carbocycles. The van der Waals surface area contributed by atoms with Crippen LogP contribution in [0.4, 0.5) is 0 Å². The Kier molecular flexibility index (Phi) is 5.32. The predicted molar refractivity (Wildman–Crippen MR) is 66.7 cm³/mol. The topological polar surface area (TPSA) is 45.4 Å². The van der Waals surface area contributed by atoms with E-state index in [0.717, 1.165) is 16.7 Å². The second kappa shape index (κ2) is 6.03. The fraction of sp³-hybridized carbons (Fsp3) is 0.600. The largest absolute Gasteiger partial charge is 0.452 e. The third-order valence-electron chi connectivity index (χ3n) is 2.02. The molecule has 3 nitrogen and oxygen atoms in total. The Balaban J connectivity index is 2.36. The van der Waals surface area contributed by atoms with E-state index in [4.69, 9.17) is 4.42 Å². The number of nitrogens with one attached hydrogen (secondary N) is 1. The highest BCUT2D eigenvalue weighted by molar-refractivity contribution is 9.13. The molecule has 0 fully saturated rings. The van der Waals surface area contributed by atoms with Gasteiger partial charge in [0, 0.05) is 6.04 Å². The lowest BCUT2D eigenvalue weighted by Crippen LogP contribution is -2.28. The molecule has 0 amide bonds. The average Bonchev–Trinajstić information content (AvgIpc) is 2.42. The van der Waals surface area contributed by atoms with Crippen molar-refractivity contribution in [1.29, 1.82) is 0 Å². The van der Waals surface area contributed by atoms with Gasteiger partial charge in [0.15, 0.2) is 4.67 Å². The van der Waals surface area contributed by atoms with Crippen molar-refractivity contribution in [3.8, 4) is 0 Å². The van der Waals surface area contributed by atoms with E-state index >= 15 is 0 Å². The van der Waals surface area contributed by atoms with Gasteiger partial charge in [0.1, 0.15) is 5.76 Å². The van der Waals surface area contributed by atoms with E-state index in [-0.39, 0.29) is 12.1 Å². The van der Waals surface area contributed by atoms with Gasteiger partial charge in [-0.2, -0.15) is 0 Å². The van der Waals surface area contributed by atoms with Gasteiger partial charge in [0.25, 0.3) is 0 Å². The Morgan fingerprint density at radius 3 is 2.60 bits per heavy atom. The molecule has 0 bridgehead atoms. The minimum absolute atomic E-state index is 0.271. The van der Waals surface area contributed by atoms with E-state index in [0.29, 0.717) is 11.2 Å². The monoisotopic (exact) mass is 339 g/mol. The van der Waals surface area contributed by atoms with E-state index in [2.05, 4.69) is 37.2 Å². The molecule has 1 rings (SSSR count). The summed E-state index contributed by atoms with van der Waals surface area (Å²) in [5.41, 5.74) is 0. The smallest absolute Gasteiger partial charge is 0.183 e. The summed E-state index contributed by atoms with van der Waals surface area (Å²) in [6.07, 6.45) is 0.464. The number of aliphatic hydroxyl groups excluding tert-OH is 1. The average molecular weight is 341 g/mol. The molecule has 0 radical (unpaired) electrons. The zero-order valence-electron chi connectivity index (χ0n) is 8.76. The molecule has 0 aliphatic carbocycles. The molecule has 15 heavy (non-hydrogen) atoms. The predicted octanol–water partition coefficient (Wildman–Crippen LogP) is 3.05. The number of hydrogen-bond donors (Lipinski definition) is 2. The molecule has 86 valence electrons. The standard InChI is InChI=1S/C10H15Br2NO2/c1-6(3-7(2)14)13-5-8-4-9(11)10(12)15-8/h4,6-7,13-14H,3,5H2,1-2H3. The lowest BCUT2D eigenvalue weighted by Gasteiger charge is -2.14. The molecule has 2 N–H and O–H groups in total. The van der Waals surface area contributed by atoms with E-state index < -0.39 is 0 Å². The highest BCUT2D eigenvalue weighted by Crippen LogP contribution is 2.26. The molecule has 0 aromatic carbocycles. The van der Waals surface area contributed by atoms with Gasteiger partial charge < -0.3 is 14.8 Å². The first-order valence-corrected chi connectivity index (χ1v) is 6.42. The normalized spacial score (nSPS) is 15.3. The van der Waals surface area contributed by atoms with Gasteiger partial charge in [-0.25, -0.2) is 0 Å². The summed E-state index contributed by atoms with van der Waals surface area (Å²) < 4.78 is 7.04. The first kappa shape index (κ1) is 13.2. The molecule has 0 saturated heterocycles. The zero-order chi connectivity index (χ0) is 11.4. The van der Waals surface area contributed by atoms with Crippen molar-refractivity contribution < 1.29 is 9.52 Å². The first-order chi connectivity index (χ1) is 6.99.